The molecule has 0 bridgehead atoms. The van der Waals surface area contributed by atoms with Crippen LogP contribution in [0.2, 0.25) is 0 Å². The summed E-state index contributed by atoms with van der Waals surface area (Å²) in [6, 6.07) is 5.63. The van der Waals surface area contributed by atoms with Crippen molar-refractivity contribution in [2.45, 2.75) is 0 Å². The highest BCUT2D eigenvalue weighted by Crippen LogP contribution is 2.14. The molecule has 0 saturated heterocycles. The van der Waals surface area contributed by atoms with E-state index in [1.807, 2.05) is 0 Å². The van der Waals surface area contributed by atoms with Crippen LogP contribution in [0, 0.1) is 5.82 Å². The molecule has 5 nitrogen and oxygen atoms in total. The molecule has 0 aliphatic rings. The van der Waals surface area contributed by atoms with Crippen LogP contribution < -0.4 is 10.5 Å². The maximum atomic E-state index is 13.0. The number of esters is 1. The van der Waals surface area contributed by atoms with Crippen molar-refractivity contribution in [1.29, 1.82) is 0 Å². The molecule has 1 amide bonds. The van der Waals surface area contributed by atoms with Crippen molar-refractivity contribution >= 4 is 11.9 Å². The lowest BCUT2D eigenvalue weighted by molar-refractivity contribution is -0.149. The molecule has 0 atom stereocenters. The second-order valence-corrected chi connectivity index (χ2v) is 2.85. The molecule has 6 heteroatoms. The van der Waals surface area contributed by atoms with Gasteiger partial charge in [-0.3, -0.25) is 4.79 Å². The van der Waals surface area contributed by atoms with Crippen molar-refractivity contribution in [2.24, 2.45) is 5.73 Å². The van der Waals surface area contributed by atoms with Gasteiger partial charge in [-0.25, -0.2) is 9.18 Å². The summed E-state index contributed by atoms with van der Waals surface area (Å²) in [5.41, 5.74) is 4.76. The Hall–Kier alpha value is -2.11. The Kier molecular flexibility index (Phi) is 4.26. The van der Waals surface area contributed by atoms with E-state index in [2.05, 4.69) is 4.74 Å². The van der Waals surface area contributed by atoms with E-state index in [1.54, 1.807) is 6.07 Å². The minimum Gasteiger partial charge on any atom is -0.479 e. The summed E-state index contributed by atoms with van der Waals surface area (Å²) in [6.45, 7) is -0.992. The molecule has 2 N–H and O–H groups in total. The smallest absolute Gasteiger partial charge is 0.344 e. The highest BCUT2D eigenvalue weighted by atomic mass is 19.1. The summed E-state index contributed by atoms with van der Waals surface area (Å²) < 4.78 is 22.2. The van der Waals surface area contributed by atoms with Crippen molar-refractivity contribution < 1.29 is 23.5 Å². The predicted molar refractivity (Wildman–Crippen MR) is 52.0 cm³/mol. The zero-order valence-electron chi connectivity index (χ0n) is 8.31. The number of halogens is 1. The van der Waals surface area contributed by atoms with Gasteiger partial charge in [0.1, 0.15) is 0 Å². The number of primary amides is 1. The first-order valence-electron chi connectivity index (χ1n) is 4.41. The van der Waals surface area contributed by atoms with Gasteiger partial charge in [-0.2, -0.15) is 0 Å². The number of hydrogen-bond donors (Lipinski definition) is 1. The number of carbonyl (C=O) groups excluding carboxylic acids is 2. The normalized spacial score (nSPS) is 9.56. The zero-order valence-corrected chi connectivity index (χ0v) is 8.31. The molecule has 1 rings (SSSR count). The first-order valence-corrected chi connectivity index (χ1v) is 4.41. The molecule has 1 aromatic carbocycles. The second kappa shape index (κ2) is 5.69. The number of hydrogen-bond acceptors (Lipinski definition) is 4. The lowest BCUT2D eigenvalue weighted by Crippen LogP contribution is -2.23. The zero-order chi connectivity index (χ0) is 12.0. The van der Waals surface area contributed by atoms with E-state index in [9.17, 15) is 14.0 Å². The minimum atomic E-state index is -0.790. The van der Waals surface area contributed by atoms with Gasteiger partial charge in [0.15, 0.2) is 24.8 Å². The lowest BCUT2D eigenvalue weighted by Gasteiger charge is -2.06. The molecule has 0 unspecified atom stereocenters. The van der Waals surface area contributed by atoms with Crippen molar-refractivity contribution in [3.63, 3.8) is 0 Å². The van der Waals surface area contributed by atoms with Crippen LogP contribution in [-0.2, 0) is 14.3 Å². The van der Waals surface area contributed by atoms with Gasteiger partial charge in [0.25, 0.3) is 5.91 Å². The van der Waals surface area contributed by atoms with Crippen LogP contribution in [0.15, 0.2) is 24.3 Å². The van der Waals surface area contributed by atoms with Crippen molar-refractivity contribution in [2.75, 3.05) is 13.2 Å². The fourth-order valence-electron chi connectivity index (χ4n) is 0.892. The summed E-state index contributed by atoms with van der Waals surface area (Å²) in [6.07, 6.45) is 0. The van der Waals surface area contributed by atoms with Gasteiger partial charge in [-0.15, -0.1) is 0 Å². The molecule has 0 fully saturated rings. The van der Waals surface area contributed by atoms with Gasteiger partial charge in [0.05, 0.1) is 0 Å². The number of amides is 1. The third kappa shape index (κ3) is 3.95. The molecule has 1 aromatic rings. The fourth-order valence-corrected chi connectivity index (χ4v) is 0.892. The van der Waals surface area contributed by atoms with Crippen LogP contribution in [0.4, 0.5) is 4.39 Å². The Balaban J connectivity index is 2.37. The van der Waals surface area contributed by atoms with E-state index in [0.717, 1.165) is 0 Å². The Morgan fingerprint density at radius 2 is 1.94 bits per heavy atom. The van der Waals surface area contributed by atoms with Gasteiger partial charge in [-0.1, -0.05) is 12.1 Å². The van der Waals surface area contributed by atoms with E-state index < -0.39 is 30.9 Å². The number of benzene rings is 1. The van der Waals surface area contributed by atoms with E-state index in [0.29, 0.717) is 0 Å². The second-order valence-electron chi connectivity index (χ2n) is 2.85. The van der Waals surface area contributed by atoms with Gasteiger partial charge in [-0.05, 0) is 12.1 Å². The molecule has 0 aliphatic carbocycles. The first-order chi connectivity index (χ1) is 7.59. The Morgan fingerprint density at radius 1 is 1.25 bits per heavy atom. The SMILES string of the molecule is NC(=O)COC(=O)COc1ccccc1F. The van der Waals surface area contributed by atoms with E-state index in [-0.39, 0.29) is 5.75 Å². The number of ether oxygens (including phenoxy) is 2. The molecular formula is C10H10FNO4. The van der Waals surface area contributed by atoms with Gasteiger partial charge >= 0.3 is 5.97 Å². The first kappa shape index (κ1) is 12.0. The van der Waals surface area contributed by atoms with Crippen molar-refractivity contribution in [3.05, 3.63) is 30.1 Å². The third-order valence-electron chi connectivity index (χ3n) is 1.56. The van der Waals surface area contributed by atoms with Crippen molar-refractivity contribution in [3.8, 4) is 5.75 Å². The van der Waals surface area contributed by atoms with Crippen LogP contribution in [0.3, 0.4) is 0 Å². The topological polar surface area (TPSA) is 78.6 Å². The summed E-state index contributed by atoms with van der Waals surface area (Å²) in [7, 11) is 0. The summed E-state index contributed by atoms with van der Waals surface area (Å²) in [5, 5.41) is 0. The third-order valence-corrected chi connectivity index (χ3v) is 1.56. The predicted octanol–water partition coefficient (Wildman–Crippen LogP) is 0.233. The van der Waals surface area contributed by atoms with Crippen molar-refractivity contribution in [1.82, 2.24) is 0 Å². The largest absolute Gasteiger partial charge is 0.479 e. The highest BCUT2D eigenvalue weighted by molar-refractivity contribution is 5.79. The lowest BCUT2D eigenvalue weighted by atomic mass is 10.3. The van der Waals surface area contributed by atoms with Gasteiger partial charge < -0.3 is 15.2 Å². The summed E-state index contributed by atoms with van der Waals surface area (Å²) in [5.74, 6) is -2.19. The van der Waals surface area contributed by atoms with Gasteiger partial charge in [0.2, 0.25) is 0 Å². The number of nitrogens with two attached hydrogens (primary N) is 1. The maximum Gasteiger partial charge on any atom is 0.344 e. The standard InChI is InChI=1S/C10H10FNO4/c11-7-3-1-2-4-8(7)15-6-10(14)16-5-9(12)13/h1-4H,5-6H2,(H2,12,13). The molecular weight excluding hydrogens is 217 g/mol. The van der Waals surface area contributed by atoms with Crippen LogP contribution in [0.5, 0.6) is 5.75 Å². The molecule has 0 aliphatic heterocycles. The monoisotopic (exact) mass is 227 g/mol. The molecule has 0 saturated carbocycles. The minimum absolute atomic E-state index is 0.0569. The average Bonchev–Trinajstić information content (AvgIpc) is 2.25. The summed E-state index contributed by atoms with van der Waals surface area (Å²) >= 11 is 0. The van der Waals surface area contributed by atoms with Gasteiger partial charge in [0, 0.05) is 0 Å². The maximum absolute atomic E-state index is 13.0. The number of rotatable bonds is 5. The summed E-state index contributed by atoms with van der Waals surface area (Å²) in [4.78, 5) is 21.2. The fraction of sp³-hybridized carbons (Fsp3) is 0.200. The van der Waals surface area contributed by atoms with Crippen LogP contribution in [-0.4, -0.2) is 25.1 Å². The van der Waals surface area contributed by atoms with E-state index >= 15 is 0 Å². The highest BCUT2D eigenvalue weighted by Gasteiger charge is 2.08. The Labute approximate surface area is 90.9 Å². The number of para-hydroxylation sites is 1. The molecule has 0 spiro atoms. The molecule has 16 heavy (non-hydrogen) atoms. The van der Waals surface area contributed by atoms with Crippen LogP contribution >= 0.6 is 0 Å². The quantitative estimate of drug-likeness (QED) is 0.730. The van der Waals surface area contributed by atoms with E-state index in [1.165, 1.54) is 18.2 Å². The van der Waals surface area contributed by atoms with E-state index in [4.69, 9.17) is 10.5 Å². The van der Waals surface area contributed by atoms with Crippen LogP contribution in [0.1, 0.15) is 0 Å². The average molecular weight is 227 g/mol. The number of carbonyl (C=O) groups is 2. The Bertz CT molecular complexity index is 394. The van der Waals surface area contributed by atoms with Crippen LogP contribution in [0.25, 0.3) is 0 Å². The Morgan fingerprint density at radius 3 is 2.56 bits per heavy atom. The molecule has 86 valence electrons. The molecule has 0 radical (unpaired) electrons. The molecule has 0 aromatic heterocycles. The molecule has 0 heterocycles.